The fourth-order valence-electron chi connectivity index (χ4n) is 2.69. The Labute approximate surface area is 108 Å². The monoisotopic (exact) mass is 247 g/mol. The van der Waals surface area contributed by atoms with Crippen LogP contribution in [0.15, 0.2) is 24.3 Å². The lowest BCUT2D eigenvalue weighted by Crippen LogP contribution is -2.30. The average Bonchev–Trinajstić information content (AvgIpc) is 2.37. The minimum atomic E-state index is -0.724. The van der Waals surface area contributed by atoms with Crippen LogP contribution in [0.3, 0.4) is 0 Å². The molecular formula is C15H21NO2. The molecule has 1 aliphatic heterocycles. The van der Waals surface area contributed by atoms with Gasteiger partial charge in [0, 0.05) is 13.0 Å². The molecular weight excluding hydrogens is 226 g/mol. The highest BCUT2D eigenvalue weighted by Crippen LogP contribution is 2.26. The molecule has 1 aromatic rings. The van der Waals surface area contributed by atoms with Gasteiger partial charge in [0.05, 0.1) is 0 Å². The van der Waals surface area contributed by atoms with Gasteiger partial charge in [-0.05, 0) is 49.9 Å². The second-order valence-electron chi connectivity index (χ2n) is 5.24. The van der Waals surface area contributed by atoms with Gasteiger partial charge in [0.1, 0.15) is 0 Å². The molecule has 0 amide bonds. The molecule has 1 unspecified atom stereocenters. The van der Waals surface area contributed by atoms with Gasteiger partial charge >= 0.3 is 5.97 Å². The number of aliphatic carboxylic acids is 1. The summed E-state index contributed by atoms with van der Waals surface area (Å²) in [5.41, 5.74) is 2.51. The Hall–Kier alpha value is -1.35. The van der Waals surface area contributed by atoms with Crippen molar-refractivity contribution in [3.8, 4) is 0 Å². The Morgan fingerprint density at radius 2 is 2.33 bits per heavy atom. The Morgan fingerprint density at radius 1 is 1.50 bits per heavy atom. The van der Waals surface area contributed by atoms with Crippen molar-refractivity contribution in [1.29, 1.82) is 0 Å². The van der Waals surface area contributed by atoms with Crippen LogP contribution in [0.5, 0.6) is 0 Å². The Morgan fingerprint density at radius 3 is 3.06 bits per heavy atom. The number of likely N-dealkylation sites (tertiary alicyclic amines) is 1. The van der Waals surface area contributed by atoms with Crippen molar-refractivity contribution in [2.24, 2.45) is 0 Å². The van der Waals surface area contributed by atoms with Gasteiger partial charge in [0.15, 0.2) is 0 Å². The van der Waals surface area contributed by atoms with E-state index >= 15 is 0 Å². The number of carboxylic acids is 1. The molecule has 1 N–H and O–H groups in total. The minimum Gasteiger partial charge on any atom is -0.481 e. The lowest BCUT2D eigenvalue weighted by atomic mass is 9.89. The fraction of sp³-hybridized carbons (Fsp3) is 0.533. The Balaban J connectivity index is 2.04. The highest BCUT2D eigenvalue weighted by atomic mass is 16.4. The van der Waals surface area contributed by atoms with Crippen molar-refractivity contribution in [3.05, 3.63) is 35.4 Å². The summed E-state index contributed by atoms with van der Waals surface area (Å²) in [5.74, 6) is -0.119. The Kier molecular flexibility index (Phi) is 4.37. The molecule has 3 nitrogen and oxygen atoms in total. The van der Waals surface area contributed by atoms with E-state index in [9.17, 15) is 4.79 Å². The van der Waals surface area contributed by atoms with Crippen LogP contribution in [0.25, 0.3) is 0 Å². The predicted molar refractivity (Wildman–Crippen MR) is 71.9 cm³/mol. The average molecular weight is 247 g/mol. The highest BCUT2D eigenvalue weighted by molar-refractivity contribution is 5.67. The SMILES string of the molecule is CN1CCCC(c2cccc(CCC(=O)O)c2)C1. The van der Waals surface area contributed by atoms with Crippen molar-refractivity contribution in [1.82, 2.24) is 4.90 Å². The van der Waals surface area contributed by atoms with Crippen LogP contribution < -0.4 is 0 Å². The van der Waals surface area contributed by atoms with Gasteiger partial charge in [-0.3, -0.25) is 4.79 Å². The maximum absolute atomic E-state index is 10.6. The van der Waals surface area contributed by atoms with Crippen molar-refractivity contribution >= 4 is 5.97 Å². The van der Waals surface area contributed by atoms with Crippen molar-refractivity contribution in [3.63, 3.8) is 0 Å². The summed E-state index contributed by atoms with van der Waals surface area (Å²) in [6.07, 6.45) is 3.34. The van der Waals surface area contributed by atoms with Gasteiger partial charge in [-0.1, -0.05) is 24.3 Å². The summed E-state index contributed by atoms with van der Waals surface area (Å²) < 4.78 is 0. The van der Waals surface area contributed by atoms with E-state index in [1.165, 1.54) is 24.9 Å². The van der Waals surface area contributed by atoms with Gasteiger partial charge in [-0.25, -0.2) is 0 Å². The molecule has 3 heteroatoms. The third-order valence-electron chi connectivity index (χ3n) is 3.67. The third-order valence-corrected chi connectivity index (χ3v) is 3.67. The Bertz CT molecular complexity index is 417. The molecule has 0 radical (unpaired) electrons. The van der Waals surface area contributed by atoms with Crippen molar-refractivity contribution in [2.75, 3.05) is 20.1 Å². The number of benzene rings is 1. The first-order valence-corrected chi connectivity index (χ1v) is 6.64. The maximum atomic E-state index is 10.6. The van der Waals surface area contributed by atoms with Crippen LogP contribution in [0.4, 0.5) is 0 Å². The number of hydrogen-bond acceptors (Lipinski definition) is 2. The normalized spacial score (nSPS) is 20.8. The number of aryl methyl sites for hydroxylation is 1. The van der Waals surface area contributed by atoms with E-state index in [2.05, 4.69) is 30.1 Å². The topological polar surface area (TPSA) is 40.5 Å². The lowest BCUT2D eigenvalue weighted by Gasteiger charge is -2.30. The van der Waals surface area contributed by atoms with E-state index < -0.39 is 5.97 Å². The molecule has 18 heavy (non-hydrogen) atoms. The van der Waals surface area contributed by atoms with Crippen LogP contribution in [-0.2, 0) is 11.2 Å². The van der Waals surface area contributed by atoms with E-state index in [4.69, 9.17) is 5.11 Å². The van der Waals surface area contributed by atoms with Gasteiger partial charge in [-0.15, -0.1) is 0 Å². The van der Waals surface area contributed by atoms with Gasteiger partial charge in [0.25, 0.3) is 0 Å². The quantitative estimate of drug-likeness (QED) is 0.888. The largest absolute Gasteiger partial charge is 0.481 e. The number of carboxylic acid groups (broad SMARTS) is 1. The third kappa shape index (κ3) is 3.57. The van der Waals surface area contributed by atoms with E-state index in [1.807, 2.05) is 6.07 Å². The first-order chi connectivity index (χ1) is 8.65. The summed E-state index contributed by atoms with van der Waals surface area (Å²) in [5, 5.41) is 8.72. The number of piperidine rings is 1. The number of likely N-dealkylation sites (N-methyl/N-ethyl adjacent to an activating group) is 1. The molecule has 0 saturated carbocycles. The molecule has 0 spiro atoms. The van der Waals surface area contributed by atoms with Crippen LogP contribution in [0.1, 0.15) is 36.3 Å². The summed E-state index contributed by atoms with van der Waals surface area (Å²) in [6.45, 7) is 2.30. The van der Waals surface area contributed by atoms with Crippen LogP contribution in [0.2, 0.25) is 0 Å². The van der Waals surface area contributed by atoms with E-state index in [0.29, 0.717) is 12.3 Å². The van der Waals surface area contributed by atoms with Crippen LogP contribution in [0, 0.1) is 0 Å². The molecule has 1 aliphatic rings. The maximum Gasteiger partial charge on any atom is 0.303 e. The number of carbonyl (C=O) groups is 1. The lowest BCUT2D eigenvalue weighted by molar-refractivity contribution is -0.136. The molecule has 1 heterocycles. The second kappa shape index (κ2) is 6.01. The van der Waals surface area contributed by atoms with Crippen molar-refractivity contribution < 1.29 is 9.90 Å². The van der Waals surface area contributed by atoms with Gasteiger partial charge in [-0.2, -0.15) is 0 Å². The molecule has 1 aromatic carbocycles. The zero-order valence-corrected chi connectivity index (χ0v) is 10.9. The van der Waals surface area contributed by atoms with Gasteiger partial charge in [0.2, 0.25) is 0 Å². The smallest absolute Gasteiger partial charge is 0.303 e. The van der Waals surface area contributed by atoms with Gasteiger partial charge < -0.3 is 10.0 Å². The van der Waals surface area contributed by atoms with Crippen molar-refractivity contribution in [2.45, 2.75) is 31.6 Å². The van der Waals surface area contributed by atoms with E-state index in [0.717, 1.165) is 12.1 Å². The highest BCUT2D eigenvalue weighted by Gasteiger charge is 2.18. The molecule has 98 valence electrons. The zero-order valence-electron chi connectivity index (χ0n) is 10.9. The summed E-state index contributed by atoms with van der Waals surface area (Å²) in [6, 6.07) is 8.45. The summed E-state index contributed by atoms with van der Waals surface area (Å²) >= 11 is 0. The molecule has 1 saturated heterocycles. The van der Waals surface area contributed by atoms with E-state index in [1.54, 1.807) is 0 Å². The molecule has 0 aromatic heterocycles. The standard InChI is InChI=1S/C15H21NO2/c1-16-9-3-6-14(11-16)13-5-2-4-12(10-13)7-8-15(17)18/h2,4-5,10,14H,3,6-9,11H2,1H3,(H,17,18). The van der Waals surface area contributed by atoms with E-state index in [-0.39, 0.29) is 6.42 Å². The summed E-state index contributed by atoms with van der Waals surface area (Å²) in [4.78, 5) is 13.0. The number of rotatable bonds is 4. The molecule has 0 bridgehead atoms. The predicted octanol–water partition coefficient (Wildman–Crippen LogP) is 2.51. The molecule has 0 aliphatic carbocycles. The summed E-state index contributed by atoms with van der Waals surface area (Å²) in [7, 11) is 2.17. The van der Waals surface area contributed by atoms with Crippen LogP contribution in [-0.4, -0.2) is 36.1 Å². The molecule has 1 atom stereocenters. The second-order valence-corrected chi connectivity index (χ2v) is 5.24. The first kappa shape index (κ1) is 13.1. The zero-order chi connectivity index (χ0) is 13.0. The van der Waals surface area contributed by atoms with Crippen LogP contribution >= 0.6 is 0 Å². The number of nitrogens with zero attached hydrogens (tertiary/aromatic N) is 1. The molecule has 2 rings (SSSR count). The number of hydrogen-bond donors (Lipinski definition) is 1. The molecule has 1 fully saturated rings. The first-order valence-electron chi connectivity index (χ1n) is 6.64. The minimum absolute atomic E-state index is 0.216. The fourth-order valence-corrected chi connectivity index (χ4v) is 2.69.